The van der Waals surface area contributed by atoms with E-state index in [1.54, 1.807) is 11.9 Å². The highest BCUT2D eigenvalue weighted by molar-refractivity contribution is 5.97. The molecule has 7 nitrogen and oxygen atoms in total. The van der Waals surface area contributed by atoms with Gasteiger partial charge in [-0.15, -0.1) is 0 Å². The van der Waals surface area contributed by atoms with Gasteiger partial charge in [0, 0.05) is 38.8 Å². The van der Waals surface area contributed by atoms with Crippen LogP contribution in [-0.2, 0) is 9.59 Å². The number of amides is 2. The molecule has 26 heavy (non-hydrogen) atoms. The molecule has 1 aromatic carbocycles. The Kier molecular flexibility index (Phi) is 6.09. The second kappa shape index (κ2) is 8.69. The second-order valence-corrected chi connectivity index (χ2v) is 6.75. The molecule has 2 amide bonds. The number of piperidine rings is 1. The van der Waals surface area contributed by atoms with Crippen molar-refractivity contribution in [3.05, 3.63) is 30.3 Å². The number of carbonyl (C=O) groups is 2. The van der Waals surface area contributed by atoms with Gasteiger partial charge in [-0.1, -0.05) is 18.2 Å². The van der Waals surface area contributed by atoms with Crippen LogP contribution in [0.2, 0.25) is 0 Å². The van der Waals surface area contributed by atoms with Crippen molar-refractivity contribution >= 4 is 23.5 Å². The van der Waals surface area contributed by atoms with Crippen LogP contribution in [0.15, 0.2) is 35.3 Å². The van der Waals surface area contributed by atoms with Gasteiger partial charge in [0.2, 0.25) is 11.8 Å². The molecule has 0 saturated carbocycles. The molecule has 1 aromatic rings. The summed E-state index contributed by atoms with van der Waals surface area (Å²) in [6.07, 6.45) is 3.78. The molecular formula is C19H27N5O2. The number of anilines is 1. The third kappa shape index (κ3) is 4.53. The normalized spacial score (nSPS) is 21.0. The monoisotopic (exact) mass is 357 g/mol. The number of benzene rings is 1. The Balaban J connectivity index is 1.49. The standard InChI is InChI=1S/C19H27N5O2/c1-20-19(21-13-18(26)23-10-6-3-7-11-23)22-15-12-17(25)24(14-15)16-8-4-2-5-9-16/h2,4-5,8-9,15H,3,6-7,10-14H2,1H3,(H2,20,21,22). The molecule has 3 rings (SSSR count). The zero-order valence-corrected chi connectivity index (χ0v) is 15.3. The van der Waals surface area contributed by atoms with Gasteiger partial charge in [0.05, 0.1) is 12.6 Å². The van der Waals surface area contributed by atoms with Crippen LogP contribution in [-0.4, -0.2) is 61.9 Å². The van der Waals surface area contributed by atoms with Crippen molar-refractivity contribution in [1.82, 2.24) is 15.5 Å². The van der Waals surface area contributed by atoms with E-state index in [4.69, 9.17) is 0 Å². The predicted molar refractivity (Wildman–Crippen MR) is 102 cm³/mol. The first kappa shape index (κ1) is 18.2. The van der Waals surface area contributed by atoms with E-state index in [1.807, 2.05) is 35.2 Å². The van der Waals surface area contributed by atoms with Gasteiger partial charge in [-0.05, 0) is 31.4 Å². The third-order valence-corrected chi connectivity index (χ3v) is 4.87. The molecular weight excluding hydrogens is 330 g/mol. The fourth-order valence-electron chi connectivity index (χ4n) is 3.46. The molecule has 2 N–H and O–H groups in total. The highest BCUT2D eigenvalue weighted by atomic mass is 16.2. The van der Waals surface area contributed by atoms with E-state index >= 15 is 0 Å². The minimum Gasteiger partial charge on any atom is -0.351 e. The zero-order chi connectivity index (χ0) is 18.4. The van der Waals surface area contributed by atoms with Gasteiger partial charge >= 0.3 is 0 Å². The number of hydrogen-bond donors (Lipinski definition) is 2. The molecule has 140 valence electrons. The average Bonchev–Trinajstić information content (AvgIpc) is 3.06. The van der Waals surface area contributed by atoms with E-state index in [-0.39, 0.29) is 24.4 Å². The maximum absolute atomic E-state index is 12.3. The van der Waals surface area contributed by atoms with Crippen molar-refractivity contribution < 1.29 is 9.59 Å². The minimum absolute atomic E-state index is 0.0287. The van der Waals surface area contributed by atoms with Crippen molar-refractivity contribution in [2.75, 3.05) is 38.1 Å². The van der Waals surface area contributed by atoms with E-state index in [0.717, 1.165) is 31.6 Å². The molecule has 2 fully saturated rings. The zero-order valence-electron chi connectivity index (χ0n) is 15.3. The summed E-state index contributed by atoms with van der Waals surface area (Å²) in [5.41, 5.74) is 0.907. The summed E-state index contributed by atoms with van der Waals surface area (Å²) in [6.45, 7) is 2.50. The van der Waals surface area contributed by atoms with Crippen LogP contribution in [0.1, 0.15) is 25.7 Å². The summed E-state index contributed by atoms with van der Waals surface area (Å²) in [5.74, 6) is 0.748. The average molecular weight is 357 g/mol. The molecule has 2 saturated heterocycles. The highest BCUT2D eigenvalue weighted by Crippen LogP contribution is 2.20. The molecule has 0 bridgehead atoms. The molecule has 2 aliphatic rings. The van der Waals surface area contributed by atoms with Crippen LogP contribution in [0, 0.1) is 0 Å². The van der Waals surface area contributed by atoms with Crippen molar-refractivity contribution in [3.8, 4) is 0 Å². The van der Waals surface area contributed by atoms with Gasteiger partial charge in [-0.3, -0.25) is 14.6 Å². The van der Waals surface area contributed by atoms with E-state index < -0.39 is 0 Å². The van der Waals surface area contributed by atoms with Gasteiger partial charge in [0.15, 0.2) is 5.96 Å². The van der Waals surface area contributed by atoms with Crippen LogP contribution in [0.5, 0.6) is 0 Å². The number of aliphatic imine (C=N–C) groups is 1. The van der Waals surface area contributed by atoms with E-state index in [9.17, 15) is 9.59 Å². The number of guanidine groups is 1. The number of likely N-dealkylation sites (tertiary alicyclic amines) is 1. The lowest BCUT2D eigenvalue weighted by molar-refractivity contribution is -0.130. The first-order chi connectivity index (χ1) is 12.7. The first-order valence-corrected chi connectivity index (χ1v) is 9.28. The molecule has 0 aliphatic carbocycles. The Labute approximate surface area is 154 Å². The summed E-state index contributed by atoms with van der Waals surface area (Å²) in [7, 11) is 1.67. The first-order valence-electron chi connectivity index (χ1n) is 9.28. The summed E-state index contributed by atoms with van der Waals surface area (Å²) >= 11 is 0. The molecule has 0 aromatic heterocycles. The van der Waals surface area contributed by atoms with Gasteiger partial charge in [0.1, 0.15) is 0 Å². The highest BCUT2D eigenvalue weighted by Gasteiger charge is 2.31. The number of nitrogens with zero attached hydrogens (tertiary/aromatic N) is 3. The summed E-state index contributed by atoms with van der Waals surface area (Å²) in [5, 5.41) is 6.34. The number of nitrogens with one attached hydrogen (secondary N) is 2. The van der Waals surface area contributed by atoms with Crippen molar-refractivity contribution in [1.29, 1.82) is 0 Å². The van der Waals surface area contributed by atoms with Crippen LogP contribution < -0.4 is 15.5 Å². The number of hydrogen-bond acceptors (Lipinski definition) is 3. The van der Waals surface area contributed by atoms with Crippen molar-refractivity contribution in [2.24, 2.45) is 4.99 Å². The molecule has 0 radical (unpaired) electrons. The Morgan fingerprint density at radius 1 is 1.19 bits per heavy atom. The lowest BCUT2D eigenvalue weighted by Gasteiger charge is -2.27. The SMILES string of the molecule is CN=C(NCC(=O)N1CCCCC1)NC1CC(=O)N(c2ccccc2)C1. The minimum atomic E-state index is -0.0287. The lowest BCUT2D eigenvalue weighted by atomic mass is 10.1. The fourth-order valence-corrected chi connectivity index (χ4v) is 3.46. The van der Waals surface area contributed by atoms with E-state index in [1.165, 1.54) is 6.42 Å². The van der Waals surface area contributed by atoms with Crippen LogP contribution in [0.25, 0.3) is 0 Å². The summed E-state index contributed by atoms with van der Waals surface area (Å²) in [6, 6.07) is 9.63. The lowest BCUT2D eigenvalue weighted by Crippen LogP contribution is -2.49. The van der Waals surface area contributed by atoms with Crippen LogP contribution in [0.4, 0.5) is 5.69 Å². The van der Waals surface area contributed by atoms with E-state index in [0.29, 0.717) is 18.9 Å². The second-order valence-electron chi connectivity index (χ2n) is 6.75. The maximum Gasteiger partial charge on any atom is 0.241 e. The molecule has 1 atom stereocenters. The Morgan fingerprint density at radius 3 is 2.62 bits per heavy atom. The largest absolute Gasteiger partial charge is 0.351 e. The Morgan fingerprint density at radius 2 is 1.92 bits per heavy atom. The predicted octanol–water partition coefficient (Wildman–Crippen LogP) is 0.969. The number of para-hydroxylation sites is 1. The smallest absolute Gasteiger partial charge is 0.241 e. The van der Waals surface area contributed by atoms with Gasteiger partial charge < -0.3 is 20.4 Å². The van der Waals surface area contributed by atoms with Gasteiger partial charge in [0.25, 0.3) is 0 Å². The molecule has 2 heterocycles. The Bertz CT molecular complexity index is 655. The fraction of sp³-hybridized carbons (Fsp3) is 0.526. The molecule has 1 unspecified atom stereocenters. The summed E-state index contributed by atoms with van der Waals surface area (Å²) in [4.78, 5) is 32.4. The van der Waals surface area contributed by atoms with Crippen LogP contribution >= 0.6 is 0 Å². The summed E-state index contributed by atoms with van der Waals surface area (Å²) < 4.78 is 0. The van der Waals surface area contributed by atoms with Crippen molar-refractivity contribution in [3.63, 3.8) is 0 Å². The molecule has 7 heteroatoms. The third-order valence-electron chi connectivity index (χ3n) is 4.87. The Hall–Kier alpha value is -2.57. The maximum atomic E-state index is 12.3. The molecule has 0 spiro atoms. The number of rotatable bonds is 4. The van der Waals surface area contributed by atoms with Gasteiger partial charge in [-0.25, -0.2) is 0 Å². The van der Waals surface area contributed by atoms with Crippen LogP contribution in [0.3, 0.4) is 0 Å². The van der Waals surface area contributed by atoms with E-state index in [2.05, 4.69) is 15.6 Å². The quantitative estimate of drug-likeness (QED) is 0.622. The molecule has 2 aliphatic heterocycles. The van der Waals surface area contributed by atoms with Crippen molar-refractivity contribution in [2.45, 2.75) is 31.7 Å². The number of carbonyl (C=O) groups excluding carboxylic acids is 2. The van der Waals surface area contributed by atoms with Gasteiger partial charge in [-0.2, -0.15) is 0 Å². The topological polar surface area (TPSA) is 77.0 Å².